The fraction of sp³-hybridized carbons (Fsp3) is 0.364. The molecule has 0 aliphatic heterocycles. The van der Waals surface area contributed by atoms with Crippen molar-refractivity contribution in [2.45, 2.75) is 47.1 Å². The number of ether oxygens (including phenoxy) is 1. The SMILES string of the molecule is CCc1ccc(NC(=O)C(C)(C)C(=O)Nc2ccccc2OC(C)C)cc1. The average Bonchev–Trinajstić information content (AvgIpc) is 2.63. The quantitative estimate of drug-likeness (QED) is 0.700. The van der Waals surface area contributed by atoms with E-state index < -0.39 is 11.3 Å². The molecule has 0 saturated heterocycles. The van der Waals surface area contributed by atoms with Crippen molar-refractivity contribution in [3.8, 4) is 5.75 Å². The van der Waals surface area contributed by atoms with E-state index in [1.54, 1.807) is 26.0 Å². The summed E-state index contributed by atoms with van der Waals surface area (Å²) in [6.45, 7) is 9.11. The molecule has 0 saturated carbocycles. The van der Waals surface area contributed by atoms with Gasteiger partial charge in [0.25, 0.3) is 0 Å². The molecule has 0 radical (unpaired) electrons. The summed E-state index contributed by atoms with van der Waals surface area (Å²) in [7, 11) is 0. The van der Waals surface area contributed by atoms with Gasteiger partial charge in [0.1, 0.15) is 11.2 Å². The van der Waals surface area contributed by atoms with Crippen LogP contribution < -0.4 is 15.4 Å². The molecule has 0 aliphatic rings. The normalized spacial score (nSPS) is 11.2. The number of rotatable bonds is 7. The summed E-state index contributed by atoms with van der Waals surface area (Å²) in [6, 6.07) is 14.8. The molecular weight excluding hydrogens is 340 g/mol. The molecule has 0 atom stereocenters. The highest BCUT2D eigenvalue weighted by molar-refractivity contribution is 6.14. The van der Waals surface area contributed by atoms with Crippen LogP contribution in [0.25, 0.3) is 0 Å². The van der Waals surface area contributed by atoms with Crippen LogP contribution >= 0.6 is 0 Å². The molecule has 0 bridgehead atoms. The molecule has 0 fully saturated rings. The first-order chi connectivity index (χ1) is 12.7. The second kappa shape index (κ2) is 8.71. The number of hydrogen-bond acceptors (Lipinski definition) is 3. The maximum Gasteiger partial charge on any atom is 0.239 e. The van der Waals surface area contributed by atoms with Gasteiger partial charge >= 0.3 is 0 Å². The van der Waals surface area contributed by atoms with Crippen LogP contribution in [0.1, 0.15) is 40.2 Å². The van der Waals surface area contributed by atoms with Crippen molar-refractivity contribution < 1.29 is 14.3 Å². The maximum absolute atomic E-state index is 12.8. The van der Waals surface area contributed by atoms with Gasteiger partial charge in [-0.05, 0) is 63.9 Å². The highest BCUT2D eigenvalue weighted by atomic mass is 16.5. The van der Waals surface area contributed by atoms with E-state index in [4.69, 9.17) is 4.74 Å². The Balaban J connectivity index is 2.10. The van der Waals surface area contributed by atoms with Gasteiger partial charge in [0, 0.05) is 5.69 Å². The summed E-state index contributed by atoms with van der Waals surface area (Å²) in [5.74, 6) is -0.191. The molecule has 5 heteroatoms. The van der Waals surface area contributed by atoms with E-state index in [-0.39, 0.29) is 12.0 Å². The van der Waals surface area contributed by atoms with Crippen LogP contribution in [-0.4, -0.2) is 17.9 Å². The molecule has 2 rings (SSSR count). The summed E-state index contributed by atoms with van der Waals surface area (Å²) in [5, 5.41) is 5.63. The van der Waals surface area contributed by atoms with E-state index in [2.05, 4.69) is 17.6 Å². The van der Waals surface area contributed by atoms with E-state index in [1.807, 2.05) is 50.2 Å². The van der Waals surface area contributed by atoms with E-state index >= 15 is 0 Å². The molecule has 0 spiro atoms. The summed E-state index contributed by atoms with van der Waals surface area (Å²) in [5.41, 5.74) is 1.15. The largest absolute Gasteiger partial charge is 0.489 e. The Kier molecular flexibility index (Phi) is 6.61. The minimum Gasteiger partial charge on any atom is -0.489 e. The number of benzene rings is 2. The Morgan fingerprint density at radius 3 is 2.15 bits per heavy atom. The predicted octanol–water partition coefficient (Wildman–Crippen LogP) is 4.64. The molecule has 2 N–H and O–H groups in total. The first-order valence-electron chi connectivity index (χ1n) is 9.21. The maximum atomic E-state index is 12.8. The van der Waals surface area contributed by atoms with Crippen LogP contribution in [0.5, 0.6) is 5.75 Å². The van der Waals surface area contributed by atoms with Gasteiger partial charge in [0.05, 0.1) is 11.8 Å². The van der Waals surface area contributed by atoms with Crippen molar-refractivity contribution >= 4 is 23.2 Å². The minimum atomic E-state index is -1.26. The summed E-state index contributed by atoms with van der Waals surface area (Å²) < 4.78 is 5.72. The lowest BCUT2D eigenvalue weighted by Gasteiger charge is -2.24. The number of carbonyl (C=O) groups excluding carboxylic acids is 2. The molecule has 0 aromatic heterocycles. The first-order valence-corrected chi connectivity index (χ1v) is 9.21. The number of nitrogens with one attached hydrogen (secondary N) is 2. The first kappa shape index (κ1) is 20.5. The zero-order valence-electron chi connectivity index (χ0n) is 16.6. The van der Waals surface area contributed by atoms with Crippen LogP contribution in [0.15, 0.2) is 48.5 Å². The van der Waals surface area contributed by atoms with Gasteiger partial charge in [0.2, 0.25) is 11.8 Å². The molecule has 2 aromatic rings. The Morgan fingerprint density at radius 2 is 1.56 bits per heavy atom. The van der Waals surface area contributed by atoms with Crippen molar-refractivity contribution in [3.05, 3.63) is 54.1 Å². The summed E-state index contributed by atoms with van der Waals surface area (Å²) >= 11 is 0. The second-order valence-electron chi connectivity index (χ2n) is 7.25. The third-order valence-electron chi connectivity index (χ3n) is 4.25. The van der Waals surface area contributed by atoms with Crippen molar-refractivity contribution in [1.82, 2.24) is 0 Å². The van der Waals surface area contributed by atoms with Crippen LogP contribution in [0.2, 0.25) is 0 Å². The van der Waals surface area contributed by atoms with E-state index in [0.29, 0.717) is 17.1 Å². The van der Waals surface area contributed by atoms with Gasteiger partial charge in [-0.1, -0.05) is 31.2 Å². The van der Waals surface area contributed by atoms with Crippen molar-refractivity contribution in [3.63, 3.8) is 0 Å². The van der Waals surface area contributed by atoms with Gasteiger partial charge in [-0.3, -0.25) is 9.59 Å². The topological polar surface area (TPSA) is 67.4 Å². The number of aryl methyl sites for hydroxylation is 1. The highest BCUT2D eigenvalue weighted by Gasteiger charge is 2.36. The Labute approximate surface area is 161 Å². The standard InChI is InChI=1S/C22H28N2O3/c1-6-16-11-13-17(14-12-16)23-20(25)22(4,5)21(26)24-18-9-7-8-10-19(18)27-15(2)3/h7-15H,6H2,1-5H3,(H,23,25)(H,24,26). The number of amides is 2. The molecule has 144 valence electrons. The zero-order valence-corrected chi connectivity index (χ0v) is 16.6. The summed E-state index contributed by atoms with van der Waals surface area (Å²) in [4.78, 5) is 25.5. The van der Waals surface area contributed by atoms with E-state index in [0.717, 1.165) is 6.42 Å². The molecule has 2 aromatic carbocycles. The molecule has 2 amide bonds. The molecular formula is C22H28N2O3. The third kappa shape index (κ3) is 5.33. The number of carbonyl (C=O) groups is 2. The van der Waals surface area contributed by atoms with Crippen LogP contribution in [0.3, 0.4) is 0 Å². The Hall–Kier alpha value is -2.82. The van der Waals surface area contributed by atoms with Crippen LogP contribution in [0, 0.1) is 5.41 Å². The lowest BCUT2D eigenvalue weighted by Crippen LogP contribution is -2.41. The summed E-state index contributed by atoms with van der Waals surface area (Å²) in [6.07, 6.45) is 0.908. The number of hydrogen-bond donors (Lipinski definition) is 2. The van der Waals surface area contributed by atoms with Crippen molar-refractivity contribution in [1.29, 1.82) is 0 Å². The van der Waals surface area contributed by atoms with Crippen molar-refractivity contribution in [2.24, 2.45) is 5.41 Å². The highest BCUT2D eigenvalue weighted by Crippen LogP contribution is 2.28. The lowest BCUT2D eigenvalue weighted by molar-refractivity contribution is -0.135. The van der Waals surface area contributed by atoms with Gasteiger partial charge < -0.3 is 15.4 Å². The van der Waals surface area contributed by atoms with Gasteiger partial charge in [0.15, 0.2) is 0 Å². The second-order valence-corrected chi connectivity index (χ2v) is 7.25. The average molecular weight is 368 g/mol. The fourth-order valence-electron chi connectivity index (χ4n) is 2.42. The smallest absolute Gasteiger partial charge is 0.239 e. The molecule has 5 nitrogen and oxygen atoms in total. The van der Waals surface area contributed by atoms with Gasteiger partial charge in [-0.15, -0.1) is 0 Å². The molecule has 0 heterocycles. The van der Waals surface area contributed by atoms with Crippen molar-refractivity contribution in [2.75, 3.05) is 10.6 Å². The molecule has 27 heavy (non-hydrogen) atoms. The van der Waals surface area contributed by atoms with Crippen LogP contribution in [-0.2, 0) is 16.0 Å². The van der Waals surface area contributed by atoms with E-state index in [1.165, 1.54) is 5.56 Å². The number of anilines is 2. The van der Waals surface area contributed by atoms with Gasteiger partial charge in [-0.2, -0.15) is 0 Å². The molecule has 0 aliphatic carbocycles. The third-order valence-corrected chi connectivity index (χ3v) is 4.25. The van der Waals surface area contributed by atoms with Gasteiger partial charge in [-0.25, -0.2) is 0 Å². The fourth-order valence-corrected chi connectivity index (χ4v) is 2.42. The predicted molar refractivity (Wildman–Crippen MR) is 109 cm³/mol. The monoisotopic (exact) mass is 368 g/mol. The minimum absolute atomic E-state index is 0.0227. The Morgan fingerprint density at radius 1 is 0.963 bits per heavy atom. The van der Waals surface area contributed by atoms with Crippen LogP contribution in [0.4, 0.5) is 11.4 Å². The Bertz CT molecular complexity index is 795. The van der Waals surface area contributed by atoms with E-state index in [9.17, 15) is 9.59 Å². The zero-order chi connectivity index (χ0) is 20.0. The lowest BCUT2D eigenvalue weighted by atomic mass is 9.90. The number of para-hydroxylation sites is 2. The molecule has 0 unspecified atom stereocenters.